The maximum absolute atomic E-state index is 5.83. The summed E-state index contributed by atoms with van der Waals surface area (Å²) in [5.74, 6) is 0. The second-order valence-electron chi connectivity index (χ2n) is 5.07. The van der Waals surface area contributed by atoms with Gasteiger partial charge in [-0.1, -0.05) is 20.8 Å². The smallest absolute Gasteiger partial charge is 0.104 e. The van der Waals surface area contributed by atoms with Crippen molar-refractivity contribution in [2.24, 2.45) is 11.1 Å². The zero-order valence-electron chi connectivity index (χ0n) is 10.1. The highest BCUT2D eigenvalue weighted by Gasteiger charge is 2.15. The van der Waals surface area contributed by atoms with Gasteiger partial charge in [0.2, 0.25) is 0 Å². The highest BCUT2D eigenvalue weighted by atomic mass is 79.9. The van der Waals surface area contributed by atoms with E-state index >= 15 is 0 Å². The van der Waals surface area contributed by atoms with Crippen molar-refractivity contribution >= 4 is 27.3 Å². The molecule has 1 heterocycles. The summed E-state index contributed by atoms with van der Waals surface area (Å²) < 4.78 is 6.93. The lowest BCUT2D eigenvalue weighted by Crippen LogP contribution is -2.18. The minimum Gasteiger partial charge on any atom is -0.371 e. The average molecular weight is 306 g/mol. The quantitative estimate of drug-likeness (QED) is 0.893. The molecule has 16 heavy (non-hydrogen) atoms. The van der Waals surface area contributed by atoms with Crippen molar-refractivity contribution in [1.82, 2.24) is 0 Å². The van der Waals surface area contributed by atoms with E-state index in [9.17, 15) is 0 Å². The van der Waals surface area contributed by atoms with Gasteiger partial charge in [0, 0.05) is 27.9 Å². The lowest BCUT2D eigenvalue weighted by atomic mass is 9.93. The van der Waals surface area contributed by atoms with E-state index in [1.165, 1.54) is 4.88 Å². The summed E-state index contributed by atoms with van der Waals surface area (Å²) in [7, 11) is 0. The lowest BCUT2D eigenvalue weighted by Gasteiger charge is -2.20. The van der Waals surface area contributed by atoms with Crippen LogP contribution < -0.4 is 5.73 Å². The van der Waals surface area contributed by atoms with Crippen molar-refractivity contribution in [2.45, 2.75) is 33.3 Å². The molecule has 0 amide bonds. The molecule has 1 atom stereocenters. The number of hydrogen-bond donors (Lipinski definition) is 1. The molecule has 1 aromatic heterocycles. The van der Waals surface area contributed by atoms with E-state index in [1.54, 1.807) is 11.3 Å². The maximum atomic E-state index is 5.83. The predicted molar refractivity (Wildman–Crippen MR) is 73.8 cm³/mol. The SMILES string of the molecule is CC(C)(C)CCOC(CN)c1cc(Br)cs1. The van der Waals surface area contributed by atoms with Gasteiger partial charge in [-0.3, -0.25) is 0 Å². The number of thiophene rings is 1. The van der Waals surface area contributed by atoms with Crippen LogP contribution in [0.15, 0.2) is 15.9 Å². The van der Waals surface area contributed by atoms with E-state index in [0.717, 1.165) is 17.5 Å². The minimum atomic E-state index is 0.0404. The van der Waals surface area contributed by atoms with Gasteiger partial charge in [0.1, 0.15) is 6.10 Å². The van der Waals surface area contributed by atoms with Crippen LogP contribution in [0.25, 0.3) is 0 Å². The summed E-state index contributed by atoms with van der Waals surface area (Å²) in [6.07, 6.45) is 1.09. The molecule has 0 aromatic carbocycles. The normalized spacial score (nSPS) is 14.1. The maximum Gasteiger partial charge on any atom is 0.104 e. The molecular formula is C12H20BrNOS. The molecule has 1 unspecified atom stereocenters. The molecule has 0 aliphatic heterocycles. The predicted octanol–water partition coefficient (Wildman–Crippen LogP) is 3.96. The molecule has 0 radical (unpaired) electrons. The van der Waals surface area contributed by atoms with E-state index < -0.39 is 0 Å². The lowest BCUT2D eigenvalue weighted by molar-refractivity contribution is 0.0443. The first-order valence-electron chi connectivity index (χ1n) is 5.48. The van der Waals surface area contributed by atoms with Crippen molar-refractivity contribution in [3.05, 3.63) is 20.8 Å². The van der Waals surface area contributed by atoms with Gasteiger partial charge < -0.3 is 10.5 Å². The third kappa shape index (κ3) is 4.95. The van der Waals surface area contributed by atoms with Crippen LogP contribution in [0.5, 0.6) is 0 Å². The van der Waals surface area contributed by atoms with Gasteiger partial charge in [0.15, 0.2) is 0 Å². The summed E-state index contributed by atoms with van der Waals surface area (Å²) in [4.78, 5) is 1.20. The van der Waals surface area contributed by atoms with Crippen molar-refractivity contribution in [3.8, 4) is 0 Å². The molecule has 0 aliphatic carbocycles. The van der Waals surface area contributed by atoms with Crippen LogP contribution in [0, 0.1) is 5.41 Å². The second kappa shape index (κ2) is 6.15. The Morgan fingerprint density at radius 3 is 2.62 bits per heavy atom. The fraction of sp³-hybridized carbons (Fsp3) is 0.667. The molecule has 4 heteroatoms. The Morgan fingerprint density at radius 2 is 2.19 bits per heavy atom. The van der Waals surface area contributed by atoms with Crippen molar-refractivity contribution in [3.63, 3.8) is 0 Å². The second-order valence-corrected chi connectivity index (χ2v) is 6.93. The van der Waals surface area contributed by atoms with Gasteiger partial charge in [-0.25, -0.2) is 0 Å². The van der Waals surface area contributed by atoms with Crippen LogP contribution in [0.1, 0.15) is 38.2 Å². The molecule has 2 nitrogen and oxygen atoms in total. The minimum absolute atomic E-state index is 0.0404. The molecule has 0 aliphatic rings. The van der Waals surface area contributed by atoms with Gasteiger partial charge in [0.05, 0.1) is 0 Å². The molecule has 0 bridgehead atoms. The molecule has 1 rings (SSSR count). The van der Waals surface area contributed by atoms with Crippen LogP contribution in [-0.4, -0.2) is 13.2 Å². The van der Waals surface area contributed by atoms with Gasteiger partial charge in [0.25, 0.3) is 0 Å². The number of hydrogen-bond acceptors (Lipinski definition) is 3. The third-order valence-electron chi connectivity index (χ3n) is 2.29. The number of ether oxygens (including phenoxy) is 1. The zero-order chi connectivity index (χ0) is 12.2. The van der Waals surface area contributed by atoms with Crippen LogP contribution in [0.4, 0.5) is 0 Å². The molecule has 2 N–H and O–H groups in total. The summed E-state index contributed by atoms with van der Waals surface area (Å²) in [6, 6.07) is 2.08. The van der Waals surface area contributed by atoms with Crippen molar-refractivity contribution in [2.75, 3.05) is 13.2 Å². The Bertz CT molecular complexity index is 319. The molecule has 0 saturated heterocycles. The van der Waals surface area contributed by atoms with Crippen molar-refractivity contribution < 1.29 is 4.74 Å². The van der Waals surface area contributed by atoms with Crippen LogP contribution in [0.2, 0.25) is 0 Å². The Labute approximate surface area is 110 Å². The Kier molecular flexibility index (Phi) is 5.44. The Hall–Kier alpha value is 0.1000. The highest BCUT2D eigenvalue weighted by Crippen LogP contribution is 2.28. The zero-order valence-corrected chi connectivity index (χ0v) is 12.5. The number of halogens is 1. The summed E-state index contributed by atoms with van der Waals surface area (Å²) in [5.41, 5.74) is 6.04. The summed E-state index contributed by atoms with van der Waals surface area (Å²) >= 11 is 5.13. The van der Waals surface area contributed by atoms with Crippen LogP contribution >= 0.6 is 27.3 Å². The first-order chi connectivity index (χ1) is 7.42. The van der Waals surface area contributed by atoms with Gasteiger partial charge in [-0.2, -0.15) is 0 Å². The first kappa shape index (κ1) is 14.2. The first-order valence-corrected chi connectivity index (χ1v) is 7.15. The Balaban J connectivity index is 2.44. The van der Waals surface area contributed by atoms with E-state index in [-0.39, 0.29) is 6.10 Å². The molecule has 0 fully saturated rings. The van der Waals surface area contributed by atoms with E-state index in [1.807, 2.05) is 0 Å². The van der Waals surface area contributed by atoms with Crippen LogP contribution in [0.3, 0.4) is 0 Å². The molecule has 1 aromatic rings. The molecule has 0 saturated carbocycles. The number of rotatable bonds is 5. The highest BCUT2D eigenvalue weighted by molar-refractivity contribution is 9.10. The Morgan fingerprint density at radius 1 is 1.50 bits per heavy atom. The molecule has 92 valence electrons. The van der Waals surface area contributed by atoms with Gasteiger partial charge in [-0.05, 0) is 33.8 Å². The summed E-state index contributed by atoms with van der Waals surface area (Å²) in [6.45, 7) is 7.96. The van der Waals surface area contributed by atoms with Gasteiger partial charge >= 0.3 is 0 Å². The fourth-order valence-corrected chi connectivity index (χ4v) is 2.78. The van der Waals surface area contributed by atoms with Crippen molar-refractivity contribution in [1.29, 1.82) is 0 Å². The van der Waals surface area contributed by atoms with E-state index in [0.29, 0.717) is 12.0 Å². The summed E-state index contributed by atoms with van der Waals surface area (Å²) in [5, 5.41) is 2.06. The van der Waals surface area contributed by atoms with Crippen LogP contribution in [-0.2, 0) is 4.74 Å². The largest absolute Gasteiger partial charge is 0.371 e. The standard InChI is InChI=1S/C12H20BrNOS/c1-12(2,3)4-5-15-10(7-14)11-6-9(13)8-16-11/h6,8,10H,4-5,7,14H2,1-3H3. The topological polar surface area (TPSA) is 35.2 Å². The van der Waals surface area contributed by atoms with E-state index in [4.69, 9.17) is 10.5 Å². The molecular weight excluding hydrogens is 286 g/mol. The average Bonchev–Trinajstić information content (AvgIpc) is 2.58. The fourth-order valence-electron chi connectivity index (χ4n) is 1.27. The molecule has 0 spiro atoms. The third-order valence-corrected chi connectivity index (χ3v) is 4.08. The van der Waals surface area contributed by atoms with E-state index in [2.05, 4.69) is 48.1 Å². The number of nitrogens with two attached hydrogens (primary N) is 1. The van der Waals surface area contributed by atoms with Gasteiger partial charge in [-0.15, -0.1) is 11.3 Å². The monoisotopic (exact) mass is 305 g/mol.